The molecule has 29 heavy (non-hydrogen) atoms. The summed E-state index contributed by atoms with van der Waals surface area (Å²) in [5, 5.41) is 5.07. The minimum absolute atomic E-state index is 0.241. The zero-order chi connectivity index (χ0) is 20.8. The molecule has 1 saturated carbocycles. The molecular formula is C22H23Cl3N2O2. The summed E-state index contributed by atoms with van der Waals surface area (Å²) in [5.74, 6) is 0.556. The standard InChI is InChI=1S/C22H23Cl3N2O2/c1-14(15-7-9-17(10-8-15)16-5-3-2-4-6-16)26-27-22(28)13-29-21-12-19(24)18(23)11-20(21)25/h7-12,16H,2-6,13H2,1H3,(H,27,28)/b26-14-. The van der Waals surface area contributed by atoms with Crippen molar-refractivity contribution in [1.29, 1.82) is 0 Å². The van der Waals surface area contributed by atoms with Crippen LogP contribution >= 0.6 is 34.8 Å². The normalized spacial score (nSPS) is 15.2. The Labute approximate surface area is 186 Å². The number of hydrogen-bond donors (Lipinski definition) is 1. The van der Waals surface area contributed by atoms with Crippen molar-refractivity contribution in [1.82, 2.24) is 5.43 Å². The van der Waals surface area contributed by atoms with Crippen LogP contribution in [0.25, 0.3) is 0 Å². The van der Waals surface area contributed by atoms with Gasteiger partial charge in [-0.3, -0.25) is 4.79 Å². The van der Waals surface area contributed by atoms with Gasteiger partial charge < -0.3 is 4.74 Å². The van der Waals surface area contributed by atoms with Crippen molar-refractivity contribution >= 4 is 46.4 Å². The van der Waals surface area contributed by atoms with E-state index >= 15 is 0 Å². The highest BCUT2D eigenvalue weighted by Gasteiger charge is 2.15. The molecule has 0 radical (unpaired) electrons. The highest BCUT2D eigenvalue weighted by atomic mass is 35.5. The molecule has 7 heteroatoms. The highest BCUT2D eigenvalue weighted by molar-refractivity contribution is 6.43. The van der Waals surface area contributed by atoms with Gasteiger partial charge in [0.1, 0.15) is 5.75 Å². The number of carbonyl (C=O) groups excluding carboxylic acids is 1. The first kappa shape index (κ1) is 21.9. The van der Waals surface area contributed by atoms with E-state index in [1.165, 1.54) is 49.8 Å². The monoisotopic (exact) mass is 452 g/mol. The number of carbonyl (C=O) groups is 1. The van der Waals surface area contributed by atoms with E-state index in [1.807, 2.05) is 6.92 Å². The van der Waals surface area contributed by atoms with Crippen LogP contribution in [0.2, 0.25) is 15.1 Å². The Bertz CT molecular complexity index is 892. The number of hydrazone groups is 1. The third-order valence-electron chi connectivity index (χ3n) is 5.09. The summed E-state index contributed by atoms with van der Waals surface area (Å²) in [4.78, 5) is 12.0. The lowest BCUT2D eigenvalue weighted by molar-refractivity contribution is -0.123. The Morgan fingerprint density at radius 3 is 2.38 bits per heavy atom. The molecule has 0 heterocycles. The predicted octanol–water partition coefficient (Wildman–Crippen LogP) is 6.61. The van der Waals surface area contributed by atoms with Gasteiger partial charge in [-0.25, -0.2) is 5.43 Å². The Balaban J connectivity index is 1.53. The summed E-state index contributed by atoms with van der Waals surface area (Å²) >= 11 is 17.8. The molecule has 1 fully saturated rings. The third kappa shape index (κ3) is 6.11. The van der Waals surface area contributed by atoms with Crippen LogP contribution in [0.5, 0.6) is 5.75 Å². The number of ether oxygens (including phenoxy) is 1. The van der Waals surface area contributed by atoms with Gasteiger partial charge in [-0.05, 0) is 42.9 Å². The molecule has 2 aromatic rings. The van der Waals surface area contributed by atoms with Crippen molar-refractivity contribution in [2.45, 2.75) is 44.9 Å². The molecule has 4 nitrogen and oxygen atoms in total. The van der Waals surface area contributed by atoms with Gasteiger partial charge in [0.15, 0.2) is 6.61 Å². The van der Waals surface area contributed by atoms with Gasteiger partial charge in [-0.2, -0.15) is 5.10 Å². The second-order valence-electron chi connectivity index (χ2n) is 7.17. The van der Waals surface area contributed by atoms with Crippen LogP contribution in [0.4, 0.5) is 0 Å². The van der Waals surface area contributed by atoms with E-state index in [4.69, 9.17) is 39.5 Å². The SMILES string of the molecule is C/C(=N/NC(=O)COc1cc(Cl)c(Cl)cc1Cl)c1ccc(C2CCCCC2)cc1. The zero-order valence-electron chi connectivity index (χ0n) is 16.2. The first-order chi connectivity index (χ1) is 13.9. The number of benzene rings is 2. The maximum Gasteiger partial charge on any atom is 0.277 e. The van der Waals surface area contributed by atoms with Crippen LogP contribution in [0.1, 0.15) is 56.1 Å². The first-order valence-electron chi connectivity index (χ1n) is 9.65. The quantitative estimate of drug-likeness (QED) is 0.304. The fraction of sp³-hybridized carbons (Fsp3) is 0.364. The molecule has 0 aliphatic heterocycles. The predicted molar refractivity (Wildman–Crippen MR) is 120 cm³/mol. The van der Waals surface area contributed by atoms with E-state index < -0.39 is 5.91 Å². The van der Waals surface area contributed by atoms with Crippen LogP contribution in [-0.4, -0.2) is 18.2 Å². The molecular weight excluding hydrogens is 431 g/mol. The van der Waals surface area contributed by atoms with Crippen molar-refractivity contribution in [3.63, 3.8) is 0 Å². The fourth-order valence-electron chi connectivity index (χ4n) is 3.43. The smallest absolute Gasteiger partial charge is 0.277 e. The molecule has 0 aromatic heterocycles. The second kappa shape index (κ2) is 10.3. The molecule has 0 unspecified atom stereocenters. The molecule has 0 bridgehead atoms. The number of rotatable bonds is 6. The third-order valence-corrected chi connectivity index (χ3v) is 6.10. The average Bonchev–Trinajstić information content (AvgIpc) is 2.74. The number of amides is 1. The van der Waals surface area contributed by atoms with E-state index in [2.05, 4.69) is 34.8 Å². The molecule has 1 amide bonds. The molecule has 0 saturated heterocycles. The van der Waals surface area contributed by atoms with E-state index in [-0.39, 0.29) is 17.4 Å². The molecule has 154 valence electrons. The lowest BCUT2D eigenvalue weighted by atomic mass is 9.84. The molecule has 1 aliphatic carbocycles. The van der Waals surface area contributed by atoms with Gasteiger partial charge >= 0.3 is 0 Å². The van der Waals surface area contributed by atoms with Gasteiger partial charge in [0.05, 0.1) is 20.8 Å². The molecule has 0 atom stereocenters. The topological polar surface area (TPSA) is 50.7 Å². The Morgan fingerprint density at radius 1 is 1.03 bits per heavy atom. The zero-order valence-corrected chi connectivity index (χ0v) is 18.4. The minimum Gasteiger partial charge on any atom is -0.482 e. The van der Waals surface area contributed by atoms with Crippen molar-refractivity contribution in [2.24, 2.45) is 5.10 Å². The fourth-order valence-corrected chi connectivity index (χ4v) is 4.03. The van der Waals surface area contributed by atoms with E-state index in [0.29, 0.717) is 16.0 Å². The maximum atomic E-state index is 12.0. The van der Waals surface area contributed by atoms with Crippen molar-refractivity contribution in [3.8, 4) is 5.75 Å². The van der Waals surface area contributed by atoms with Gasteiger partial charge in [-0.15, -0.1) is 0 Å². The van der Waals surface area contributed by atoms with E-state index in [9.17, 15) is 4.79 Å². The maximum absolute atomic E-state index is 12.0. The summed E-state index contributed by atoms with van der Waals surface area (Å²) in [6, 6.07) is 11.4. The van der Waals surface area contributed by atoms with Gasteiger partial charge in [0, 0.05) is 6.07 Å². The number of nitrogens with zero attached hydrogens (tertiary/aromatic N) is 1. The lowest BCUT2D eigenvalue weighted by Crippen LogP contribution is -2.25. The minimum atomic E-state index is -0.398. The van der Waals surface area contributed by atoms with Gasteiger partial charge in [0.2, 0.25) is 0 Å². The summed E-state index contributed by atoms with van der Waals surface area (Å²) in [7, 11) is 0. The molecule has 0 spiro atoms. The number of halogens is 3. The van der Waals surface area contributed by atoms with Crippen molar-refractivity contribution < 1.29 is 9.53 Å². The second-order valence-corrected chi connectivity index (χ2v) is 8.40. The molecule has 1 N–H and O–H groups in total. The van der Waals surface area contributed by atoms with Gasteiger partial charge in [0.25, 0.3) is 5.91 Å². The van der Waals surface area contributed by atoms with Crippen LogP contribution in [0.3, 0.4) is 0 Å². The van der Waals surface area contributed by atoms with Crippen LogP contribution in [-0.2, 0) is 4.79 Å². The number of hydrogen-bond acceptors (Lipinski definition) is 3. The summed E-state index contributed by atoms with van der Waals surface area (Å²) in [6.07, 6.45) is 6.51. The van der Waals surface area contributed by atoms with Gasteiger partial charge in [-0.1, -0.05) is 78.3 Å². The largest absolute Gasteiger partial charge is 0.482 e. The van der Waals surface area contributed by atoms with E-state index in [0.717, 1.165) is 11.3 Å². The van der Waals surface area contributed by atoms with E-state index in [1.54, 1.807) is 0 Å². The summed E-state index contributed by atoms with van der Waals surface area (Å²) in [6.45, 7) is 1.61. The molecule has 1 aliphatic rings. The van der Waals surface area contributed by atoms with Crippen LogP contribution in [0.15, 0.2) is 41.5 Å². The summed E-state index contributed by atoms with van der Waals surface area (Å²) in [5.41, 5.74) is 5.58. The Kier molecular flexibility index (Phi) is 7.82. The summed E-state index contributed by atoms with van der Waals surface area (Å²) < 4.78 is 5.40. The molecule has 2 aromatic carbocycles. The van der Waals surface area contributed by atoms with Crippen molar-refractivity contribution in [3.05, 3.63) is 62.6 Å². The first-order valence-corrected chi connectivity index (χ1v) is 10.8. The lowest BCUT2D eigenvalue weighted by Gasteiger charge is -2.22. The van der Waals surface area contributed by atoms with Crippen LogP contribution in [0, 0.1) is 0 Å². The Hall–Kier alpha value is -1.75. The molecule has 3 rings (SSSR count). The number of nitrogens with one attached hydrogen (secondary N) is 1. The average molecular weight is 454 g/mol. The van der Waals surface area contributed by atoms with Crippen molar-refractivity contribution in [2.75, 3.05) is 6.61 Å². The Morgan fingerprint density at radius 2 is 1.69 bits per heavy atom. The highest BCUT2D eigenvalue weighted by Crippen LogP contribution is 2.34. The van der Waals surface area contributed by atoms with Crippen LogP contribution < -0.4 is 10.2 Å².